The minimum Gasteiger partial charge on any atom is -0.457 e. The van der Waals surface area contributed by atoms with Crippen molar-refractivity contribution in [1.29, 1.82) is 0 Å². The van der Waals surface area contributed by atoms with Crippen LogP contribution in [0.15, 0.2) is 47.4 Å². The maximum Gasteiger partial charge on any atom is 0.261 e. The van der Waals surface area contributed by atoms with Crippen LogP contribution in [0.4, 0.5) is 0 Å². The van der Waals surface area contributed by atoms with E-state index in [-0.39, 0.29) is 4.90 Å². The second-order valence-corrected chi connectivity index (χ2v) is 6.77. The number of benzene rings is 2. The Labute approximate surface area is 117 Å². The van der Waals surface area contributed by atoms with Gasteiger partial charge in [0.15, 0.2) is 0 Å². The van der Waals surface area contributed by atoms with Crippen LogP contribution in [0.1, 0.15) is 11.1 Å². The SMILES string of the molecule is Cc1ccccc1Oc1ccc(S(=O)(=O)Cl)c(C)c1. The largest absolute Gasteiger partial charge is 0.457 e. The molecule has 0 amide bonds. The van der Waals surface area contributed by atoms with Gasteiger partial charge in [0.25, 0.3) is 9.05 Å². The number of rotatable bonds is 3. The molecule has 0 saturated heterocycles. The van der Waals surface area contributed by atoms with E-state index in [4.69, 9.17) is 15.4 Å². The Morgan fingerprint density at radius 2 is 1.68 bits per heavy atom. The molecule has 0 N–H and O–H groups in total. The third-order valence-electron chi connectivity index (χ3n) is 2.73. The zero-order valence-electron chi connectivity index (χ0n) is 10.6. The summed E-state index contributed by atoms with van der Waals surface area (Å²) < 4.78 is 28.3. The first kappa shape index (κ1) is 13.9. The van der Waals surface area contributed by atoms with Gasteiger partial charge in [-0.25, -0.2) is 8.42 Å². The van der Waals surface area contributed by atoms with Gasteiger partial charge in [0, 0.05) is 10.7 Å². The Bertz CT molecular complexity index is 708. The van der Waals surface area contributed by atoms with Crippen molar-refractivity contribution in [3.63, 3.8) is 0 Å². The van der Waals surface area contributed by atoms with Gasteiger partial charge < -0.3 is 4.74 Å². The van der Waals surface area contributed by atoms with Gasteiger partial charge in [-0.1, -0.05) is 18.2 Å². The van der Waals surface area contributed by atoms with Crippen molar-refractivity contribution in [3.05, 3.63) is 53.6 Å². The first-order valence-corrected chi connectivity index (χ1v) is 7.97. The number of halogens is 1. The molecule has 100 valence electrons. The molecule has 0 spiro atoms. The third kappa shape index (κ3) is 3.28. The van der Waals surface area contributed by atoms with Gasteiger partial charge in [-0.15, -0.1) is 0 Å². The molecule has 2 aromatic carbocycles. The molecular formula is C14H13ClO3S. The van der Waals surface area contributed by atoms with Crippen LogP contribution < -0.4 is 4.74 Å². The minimum absolute atomic E-state index is 0.103. The van der Waals surface area contributed by atoms with Crippen molar-refractivity contribution < 1.29 is 13.2 Å². The van der Waals surface area contributed by atoms with Crippen molar-refractivity contribution in [2.75, 3.05) is 0 Å². The fourth-order valence-electron chi connectivity index (χ4n) is 1.76. The molecule has 2 rings (SSSR count). The molecule has 0 atom stereocenters. The highest BCUT2D eigenvalue weighted by Gasteiger charge is 2.14. The number of hydrogen-bond donors (Lipinski definition) is 0. The van der Waals surface area contributed by atoms with Gasteiger partial charge >= 0.3 is 0 Å². The molecule has 0 aromatic heterocycles. The summed E-state index contributed by atoms with van der Waals surface area (Å²) in [5.74, 6) is 1.32. The second kappa shape index (κ2) is 5.23. The lowest BCUT2D eigenvalue weighted by molar-refractivity contribution is 0.478. The standard InChI is InChI=1S/C14H13ClO3S/c1-10-5-3-4-6-13(10)18-12-7-8-14(11(2)9-12)19(15,16)17/h3-9H,1-2H3. The second-order valence-electron chi connectivity index (χ2n) is 4.23. The van der Waals surface area contributed by atoms with Crippen LogP contribution in [0.5, 0.6) is 11.5 Å². The number of aryl methyl sites for hydroxylation is 2. The summed E-state index contributed by atoms with van der Waals surface area (Å²) in [5.41, 5.74) is 1.57. The molecule has 0 saturated carbocycles. The van der Waals surface area contributed by atoms with Gasteiger partial charge in [0.2, 0.25) is 0 Å². The quantitative estimate of drug-likeness (QED) is 0.803. The smallest absolute Gasteiger partial charge is 0.261 e. The average Bonchev–Trinajstić information content (AvgIpc) is 2.30. The van der Waals surface area contributed by atoms with Crippen LogP contribution in [-0.4, -0.2) is 8.42 Å². The Hall–Kier alpha value is -1.52. The summed E-state index contributed by atoms with van der Waals surface area (Å²) in [4.78, 5) is 0.103. The highest BCUT2D eigenvalue weighted by atomic mass is 35.7. The zero-order valence-corrected chi connectivity index (χ0v) is 12.1. The molecule has 2 aromatic rings. The Morgan fingerprint density at radius 3 is 2.26 bits per heavy atom. The summed E-state index contributed by atoms with van der Waals surface area (Å²) in [6.45, 7) is 3.62. The van der Waals surface area contributed by atoms with E-state index in [9.17, 15) is 8.42 Å². The lowest BCUT2D eigenvalue weighted by Crippen LogP contribution is -1.95. The van der Waals surface area contributed by atoms with E-state index in [2.05, 4.69) is 0 Å². The number of ether oxygens (including phenoxy) is 1. The monoisotopic (exact) mass is 296 g/mol. The molecule has 19 heavy (non-hydrogen) atoms. The maximum absolute atomic E-state index is 11.3. The summed E-state index contributed by atoms with van der Waals surface area (Å²) in [6.07, 6.45) is 0. The van der Waals surface area contributed by atoms with Crippen molar-refractivity contribution in [2.24, 2.45) is 0 Å². The lowest BCUT2D eigenvalue weighted by atomic mass is 10.2. The van der Waals surface area contributed by atoms with E-state index in [1.54, 1.807) is 19.1 Å². The average molecular weight is 297 g/mol. The first-order chi connectivity index (χ1) is 8.88. The van der Waals surface area contributed by atoms with Crippen molar-refractivity contribution in [2.45, 2.75) is 18.7 Å². The van der Waals surface area contributed by atoms with Crippen molar-refractivity contribution in [1.82, 2.24) is 0 Å². The van der Waals surface area contributed by atoms with Crippen LogP contribution >= 0.6 is 10.7 Å². The van der Waals surface area contributed by atoms with Crippen LogP contribution in [0.3, 0.4) is 0 Å². The van der Waals surface area contributed by atoms with Crippen molar-refractivity contribution >= 4 is 19.7 Å². The zero-order chi connectivity index (χ0) is 14.0. The van der Waals surface area contributed by atoms with E-state index in [0.717, 1.165) is 11.3 Å². The van der Waals surface area contributed by atoms with E-state index in [1.165, 1.54) is 6.07 Å². The fourth-order valence-corrected chi connectivity index (χ4v) is 2.95. The van der Waals surface area contributed by atoms with Crippen LogP contribution in [0.25, 0.3) is 0 Å². The summed E-state index contributed by atoms with van der Waals surface area (Å²) in [5, 5.41) is 0. The van der Waals surface area contributed by atoms with E-state index >= 15 is 0 Å². The fraction of sp³-hybridized carbons (Fsp3) is 0.143. The highest BCUT2D eigenvalue weighted by Crippen LogP contribution is 2.28. The normalized spacial score (nSPS) is 11.3. The van der Waals surface area contributed by atoms with Gasteiger partial charge in [-0.3, -0.25) is 0 Å². The predicted octanol–water partition coefficient (Wildman–Crippen LogP) is 4.02. The van der Waals surface area contributed by atoms with Crippen molar-refractivity contribution in [3.8, 4) is 11.5 Å². The van der Waals surface area contributed by atoms with Crippen LogP contribution in [-0.2, 0) is 9.05 Å². The summed E-state index contributed by atoms with van der Waals surface area (Å²) in [7, 11) is 1.62. The first-order valence-electron chi connectivity index (χ1n) is 5.67. The summed E-state index contributed by atoms with van der Waals surface area (Å²) >= 11 is 0. The predicted molar refractivity (Wildman–Crippen MR) is 75.5 cm³/mol. The molecule has 0 aliphatic carbocycles. The maximum atomic E-state index is 11.3. The number of para-hydroxylation sites is 1. The van der Waals surface area contributed by atoms with Gasteiger partial charge in [0.1, 0.15) is 11.5 Å². The molecule has 0 aliphatic rings. The number of hydrogen-bond acceptors (Lipinski definition) is 3. The molecule has 5 heteroatoms. The Balaban J connectivity index is 2.34. The molecule has 0 unspecified atom stereocenters. The molecule has 0 bridgehead atoms. The molecular weight excluding hydrogens is 284 g/mol. The summed E-state index contributed by atoms with van der Waals surface area (Å²) in [6, 6.07) is 12.3. The molecule has 3 nitrogen and oxygen atoms in total. The highest BCUT2D eigenvalue weighted by molar-refractivity contribution is 8.13. The molecule has 0 heterocycles. The minimum atomic E-state index is -3.71. The van der Waals surface area contributed by atoms with E-state index in [1.807, 2.05) is 31.2 Å². The Kier molecular flexibility index (Phi) is 3.83. The van der Waals surface area contributed by atoms with Gasteiger partial charge in [-0.2, -0.15) is 0 Å². The van der Waals surface area contributed by atoms with E-state index < -0.39 is 9.05 Å². The van der Waals surface area contributed by atoms with E-state index in [0.29, 0.717) is 11.3 Å². The van der Waals surface area contributed by atoms with Crippen LogP contribution in [0, 0.1) is 13.8 Å². The molecule has 0 aliphatic heterocycles. The van der Waals surface area contributed by atoms with Crippen LogP contribution in [0.2, 0.25) is 0 Å². The third-order valence-corrected chi connectivity index (χ3v) is 4.21. The topological polar surface area (TPSA) is 43.4 Å². The molecule has 0 fully saturated rings. The van der Waals surface area contributed by atoms with Gasteiger partial charge in [-0.05, 0) is 49.2 Å². The lowest BCUT2D eigenvalue weighted by Gasteiger charge is -2.10. The molecule has 0 radical (unpaired) electrons. The Morgan fingerprint density at radius 1 is 1.00 bits per heavy atom. The van der Waals surface area contributed by atoms with Gasteiger partial charge in [0.05, 0.1) is 4.90 Å².